The second kappa shape index (κ2) is 11.9. The average Bonchev–Trinajstić information content (AvgIpc) is 3.80. The van der Waals surface area contributed by atoms with Crippen LogP contribution < -0.4 is 4.90 Å². The number of benzene rings is 8. The Morgan fingerprint density at radius 1 is 0.431 bits per heavy atom. The number of rotatable bonds is 6. The third-order valence-corrected chi connectivity index (χ3v) is 9.68. The molecule has 2 heterocycles. The van der Waals surface area contributed by atoms with Crippen LogP contribution in [0.5, 0.6) is 0 Å². The molecule has 4 heteroatoms. The maximum Gasteiger partial charge on any atom is 0.227 e. The first-order valence-electron chi connectivity index (χ1n) is 17.1. The van der Waals surface area contributed by atoms with Gasteiger partial charge in [-0.05, 0) is 76.5 Å². The quantitative estimate of drug-likeness (QED) is 0.179. The summed E-state index contributed by atoms with van der Waals surface area (Å²) in [6, 6.07) is 63.4. The van der Waals surface area contributed by atoms with Gasteiger partial charge in [0.05, 0.1) is 11.3 Å². The van der Waals surface area contributed by atoms with Gasteiger partial charge in [0.1, 0.15) is 16.7 Å². The van der Waals surface area contributed by atoms with Crippen molar-refractivity contribution in [1.82, 2.24) is 4.98 Å². The molecular weight excluding hydrogens is 625 g/mol. The Morgan fingerprint density at radius 2 is 1.10 bits per heavy atom. The third-order valence-electron chi connectivity index (χ3n) is 9.68. The van der Waals surface area contributed by atoms with E-state index in [-0.39, 0.29) is 0 Å². The van der Waals surface area contributed by atoms with Crippen molar-refractivity contribution in [2.24, 2.45) is 0 Å². The lowest BCUT2D eigenvalue weighted by Crippen LogP contribution is -2.11. The molecule has 10 rings (SSSR count). The Hall–Kier alpha value is -6.91. The highest BCUT2D eigenvalue weighted by Gasteiger charge is 2.23. The number of furan rings is 1. The van der Waals surface area contributed by atoms with Crippen LogP contribution in [0, 0.1) is 0 Å². The molecule has 0 atom stereocenters. The van der Waals surface area contributed by atoms with Gasteiger partial charge in [0, 0.05) is 33.3 Å². The van der Waals surface area contributed by atoms with E-state index in [1.165, 1.54) is 10.8 Å². The number of para-hydroxylation sites is 2. The molecule has 0 bridgehead atoms. The number of hydrogen-bond donors (Lipinski definition) is 0. The van der Waals surface area contributed by atoms with Crippen LogP contribution in [0.4, 0.5) is 17.1 Å². The molecule has 0 unspecified atom stereocenters. The van der Waals surface area contributed by atoms with Crippen LogP contribution in [0.25, 0.3) is 77.5 Å². The van der Waals surface area contributed by atoms with Gasteiger partial charge in [-0.3, -0.25) is 0 Å². The van der Waals surface area contributed by atoms with Crippen LogP contribution in [0.15, 0.2) is 191 Å². The van der Waals surface area contributed by atoms with Crippen molar-refractivity contribution in [3.8, 4) is 33.7 Å². The molecule has 51 heavy (non-hydrogen) atoms. The van der Waals surface area contributed by atoms with Gasteiger partial charge in [-0.15, -0.1) is 0 Å². The van der Waals surface area contributed by atoms with Gasteiger partial charge >= 0.3 is 0 Å². The van der Waals surface area contributed by atoms with Crippen LogP contribution in [0.1, 0.15) is 0 Å². The zero-order chi connectivity index (χ0) is 33.7. The highest BCUT2D eigenvalue weighted by atomic mass is 16.4. The first-order valence-corrected chi connectivity index (χ1v) is 17.1. The van der Waals surface area contributed by atoms with Crippen LogP contribution in [-0.4, -0.2) is 4.98 Å². The molecule has 0 spiro atoms. The highest BCUT2D eigenvalue weighted by Crippen LogP contribution is 2.45. The van der Waals surface area contributed by atoms with Gasteiger partial charge in [0.2, 0.25) is 5.89 Å². The fourth-order valence-electron chi connectivity index (χ4n) is 7.26. The van der Waals surface area contributed by atoms with E-state index in [4.69, 9.17) is 13.8 Å². The maximum absolute atomic E-state index is 6.58. The number of anilines is 3. The number of aromatic nitrogens is 1. The Morgan fingerprint density at radius 3 is 1.92 bits per heavy atom. The molecule has 0 saturated carbocycles. The van der Waals surface area contributed by atoms with E-state index in [2.05, 4.69) is 138 Å². The minimum atomic E-state index is 0.584. The predicted octanol–water partition coefficient (Wildman–Crippen LogP) is 13.4. The third kappa shape index (κ3) is 4.96. The lowest BCUT2D eigenvalue weighted by molar-refractivity contribution is 0.619. The summed E-state index contributed by atoms with van der Waals surface area (Å²) in [6.07, 6.45) is 0. The molecule has 0 aliphatic heterocycles. The summed E-state index contributed by atoms with van der Waals surface area (Å²) < 4.78 is 13.2. The minimum absolute atomic E-state index is 0.584. The number of oxazole rings is 1. The zero-order valence-electron chi connectivity index (χ0n) is 27.5. The maximum atomic E-state index is 6.58. The van der Waals surface area contributed by atoms with Gasteiger partial charge in [-0.25, -0.2) is 4.98 Å². The van der Waals surface area contributed by atoms with E-state index in [0.717, 1.165) is 72.3 Å². The van der Waals surface area contributed by atoms with Crippen molar-refractivity contribution in [3.63, 3.8) is 0 Å². The lowest BCUT2D eigenvalue weighted by Gasteiger charge is -2.28. The van der Waals surface area contributed by atoms with E-state index >= 15 is 0 Å². The second-order valence-electron chi connectivity index (χ2n) is 12.8. The number of nitrogens with zero attached hydrogens (tertiary/aromatic N) is 2. The molecule has 0 fully saturated rings. The van der Waals surface area contributed by atoms with Crippen LogP contribution in [0.3, 0.4) is 0 Å². The van der Waals surface area contributed by atoms with Gasteiger partial charge in [0.15, 0.2) is 5.58 Å². The largest absolute Gasteiger partial charge is 0.455 e. The molecule has 0 aliphatic rings. The minimum Gasteiger partial charge on any atom is -0.455 e. The number of fused-ring (bicyclic) bond motifs is 5. The summed E-state index contributed by atoms with van der Waals surface area (Å²) in [5, 5.41) is 4.46. The fourth-order valence-corrected chi connectivity index (χ4v) is 7.26. The Kier molecular flexibility index (Phi) is 6.78. The summed E-state index contributed by atoms with van der Waals surface area (Å²) in [5.74, 6) is 0.584. The van der Waals surface area contributed by atoms with Crippen molar-refractivity contribution < 1.29 is 8.83 Å². The van der Waals surface area contributed by atoms with Crippen molar-refractivity contribution in [3.05, 3.63) is 182 Å². The molecule has 240 valence electrons. The normalized spacial score (nSPS) is 11.5. The smallest absolute Gasteiger partial charge is 0.227 e. The molecule has 0 amide bonds. The fraction of sp³-hybridized carbons (Fsp3) is 0. The summed E-state index contributed by atoms with van der Waals surface area (Å²) in [5.41, 5.74) is 11.4. The highest BCUT2D eigenvalue weighted by molar-refractivity contribution is 6.16. The molecule has 8 aromatic carbocycles. The molecule has 0 aliphatic carbocycles. The SMILES string of the molecule is c1ccc(-c2nc3cc4c(oc5ccccc54)c(-c4ccc(N(c5ccc6ccccc6c5)c5ccccc5-c5ccccc5)cc4)c3o2)cc1. The molecule has 0 N–H and O–H groups in total. The monoisotopic (exact) mass is 654 g/mol. The average molecular weight is 655 g/mol. The van der Waals surface area contributed by atoms with Crippen LogP contribution in [-0.2, 0) is 0 Å². The van der Waals surface area contributed by atoms with Gasteiger partial charge in [-0.2, -0.15) is 0 Å². The predicted molar refractivity (Wildman–Crippen MR) is 210 cm³/mol. The zero-order valence-corrected chi connectivity index (χ0v) is 27.5. The molecule has 2 aromatic heterocycles. The Bertz CT molecular complexity index is 2850. The van der Waals surface area contributed by atoms with Crippen molar-refractivity contribution in [2.45, 2.75) is 0 Å². The van der Waals surface area contributed by atoms with Gasteiger partial charge in [-0.1, -0.05) is 127 Å². The van der Waals surface area contributed by atoms with E-state index in [9.17, 15) is 0 Å². The second-order valence-corrected chi connectivity index (χ2v) is 12.8. The van der Waals surface area contributed by atoms with E-state index in [1.54, 1.807) is 0 Å². The molecule has 4 nitrogen and oxygen atoms in total. The topological polar surface area (TPSA) is 42.4 Å². The molecule has 10 aromatic rings. The lowest BCUT2D eigenvalue weighted by atomic mass is 9.99. The van der Waals surface area contributed by atoms with Crippen molar-refractivity contribution >= 4 is 60.9 Å². The van der Waals surface area contributed by atoms with Crippen LogP contribution >= 0.6 is 0 Å². The summed E-state index contributed by atoms with van der Waals surface area (Å²) in [7, 11) is 0. The van der Waals surface area contributed by atoms with E-state index in [0.29, 0.717) is 11.5 Å². The molecule has 0 radical (unpaired) electrons. The summed E-state index contributed by atoms with van der Waals surface area (Å²) in [4.78, 5) is 7.32. The molecular formula is C47H30N2O2. The van der Waals surface area contributed by atoms with Crippen molar-refractivity contribution in [2.75, 3.05) is 4.90 Å². The Labute approximate surface area is 294 Å². The van der Waals surface area contributed by atoms with E-state index in [1.807, 2.05) is 48.5 Å². The van der Waals surface area contributed by atoms with E-state index < -0.39 is 0 Å². The van der Waals surface area contributed by atoms with Crippen LogP contribution in [0.2, 0.25) is 0 Å². The molecule has 0 saturated heterocycles. The van der Waals surface area contributed by atoms with Gasteiger partial charge < -0.3 is 13.7 Å². The first kappa shape index (κ1) is 29.0. The Balaban J connectivity index is 1.18. The summed E-state index contributed by atoms with van der Waals surface area (Å²) >= 11 is 0. The first-order chi connectivity index (χ1) is 25.3. The van der Waals surface area contributed by atoms with Gasteiger partial charge in [0.25, 0.3) is 0 Å². The van der Waals surface area contributed by atoms with Crippen molar-refractivity contribution in [1.29, 1.82) is 0 Å². The standard InChI is InChI=1S/C47H30N2O2/c1-3-14-32(15-4-1)38-19-9-11-21-42(38)49(37-28-23-31-13-7-8-18-35(31)29-37)36-26-24-33(25-27-36)44-45-40(39-20-10-12-22-43(39)50-45)30-41-46(44)51-47(48-41)34-16-5-2-6-17-34/h1-30H. The summed E-state index contributed by atoms with van der Waals surface area (Å²) in [6.45, 7) is 0. The number of hydrogen-bond acceptors (Lipinski definition) is 4.